The largest absolute Gasteiger partial charge is 0.355 e. The molecule has 82 valence electrons. The zero-order valence-electron chi connectivity index (χ0n) is 9.38. The lowest BCUT2D eigenvalue weighted by Gasteiger charge is -2.02. The zero-order valence-corrected chi connectivity index (χ0v) is 10.0. The van der Waals surface area contributed by atoms with Crippen LogP contribution in [0.5, 0.6) is 0 Å². The van der Waals surface area contributed by atoms with Gasteiger partial charge in [-0.05, 0) is 12.8 Å². The number of amides is 1. The van der Waals surface area contributed by atoms with Gasteiger partial charge in [0.15, 0.2) is 0 Å². The number of hydrogen-bond donors (Lipinski definition) is 1. The summed E-state index contributed by atoms with van der Waals surface area (Å²) in [6.45, 7) is 2.75. The van der Waals surface area contributed by atoms with E-state index in [2.05, 4.69) is 5.32 Å². The average Bonchev–Trinajstić information content (AvgIpc) is 2.19. The molecule has 0 aromatic rings. The summed E-state index contributed by atoms with van der Waals surface area (Å²) < 4.78 is 6.68. The summed E-state index contributed by atoms with van der Waals surface area (Å²) >= 11 is 0. The Kier molecular flexibility index (Phi) is 9.29. The molecule has 0 spiro atoms. The van der Waals surface area contributed by atoms with Gasteiger partial charge in [-0.3, -0.25) is 4.79 Å². The fourth-order valence-electron chi connectivity index (χ4n) is 0.673. The van der Waals surface area contributed by atoms with Gasteiger partial charge in [0.25, 0.3) is 0 Å². The molecule has 0 aliphatic carbocycles. The molecule has 0 aromatic carbocycles. The van der Waals surface area contributed by atoms with Crippen LogP contribution in [0.2, 0.25) is 0 Å². The van der Waals surface area contributed by atoms with E-state index in [-0.39, 0.29) is 5.91 Å². The molecule has 0 rings (SSSR count). The normalized spacial score (nSPS) is 10.8. The molecular formula is C9H17NO2S2. The predicted octanol–water partition coefficient (Wildman–Crippen LogP) is 1.87. The van der Waals surface area contributed by atoms with Gasteiger partial charge in [0, 0.05) is 18.7 Å². The molecule has 0 heterocycles. The molecule has 0 aromatic heterocycles. The van der Waals surface area contributed by atoms with Crippen LogP contribution < -0.4 is 5.32 Å². The first-order chi connectivity index (χ1) is 7.16. The summed E-state index contributed by atoms with van der Waals surface area (Å²) in [6, 6.07) is 0. The molecule has 1 N–H and O–H groups in total. The maximum atomic E-state index is 11.1. The molecule has 0 saturated heterocycles. The van der Waals surface area contributed by atoms with E-state index >= 15 is 0 Å². The third kappa shape index (κ3) is 9.92. The maximum Gasteiger partial charge on any atom is 0.230 e. The third-order valence-corrected chi connectivity index (χ3v) is 3.71. The van der Waals surface area contributed by atoms with Crippen LogP contribution in [0.15, 0.2) is 0 Å². The van der Waals surface area contributed by atoms with E-state index in [9.17, 15) is 9.59 Å². The molecule has 14 heavy (non-hydrogen) atoms. The summed E-state index contributed by atoms with van der Waals surface area (Å²) in [4.78, 5) is 21.4. The molecule has 0 fully saturated rings. The van der Waals surface area contributed by atoms with Crippen molar-refractivity contribution in [2.24, 2.45) is 0 Å². The van der Waals surface area contributed by atoms with Gasteiger partial charge < -0.3 is 10.1 Å². The van der Waals surface area contributed by atoms with Crippen molar-refractivity contribution in [2.45, 2.75) is 26.2 Å². The second-order valence-corrected chi connectivity index (χ2v) is 5.26. The lowest BCUT2D eigenvalue weighted by molar-refractivity contribution is -0.118. The van der Waals surface area contributed by atoms with Crippen LogP contribution in [-0.2, 0) is 9.59 Å². The lowest BCUT2D eigenvalue weighted by atomic mass is 10.4. The SMILES string of the molecule is [3H]C(=O)CCCSSCC(=O)NCCC. The van der Waals surface area contributed by atoms with Crippen molar-refractivity contribution in [3.8, 4) is 0 Å². The minimum Gasteiger partial charge on any atom is -0.355 e. The van der Waals surface area contributed by atoms with E-state index in [1.165, 1.54) is 10.8 Å². The van der Waals surface area contributed by atoms with Crippen molar-refractivity contribution in [3.63, 3.8) is 0 Å². The van der Waals surface area contributed by atoms with Crippen LogP contribution >= 0.6 is 21.6 Å². The van der Waals surface area contributed by atoms with Crippen LogP contribution in [0, 0.1) is 0 Å². The highest BCUT2D eigenvalue weighted by Crippen LogP contribution is 2.21. The van der Waals surface area contributed by atoms with E-state index in [1.54, 1.807) is 10.8 Å². The molecule has 0 unspecified atom stereocenters. The highest BCUT2D eigenvalue weighted by Gasteiger charge is 1.99. The molecule has 1 amide bonds. The Hall–Kier alpha value is -0.160. The van der Waals surface area contributed by atoms with Crippen LogP contribution in [0.4, 0.5) is 0 Å². The number of carbonyl (C=O) groups is 2. The molecule has 0 radical (unpaired) electrons. The average molecular weight is 237 g/mol. The smallest absolute Gasteiger partial charge is 0.230 e. The lowest BCUT2D eigenvalue weighted by Crippen LogP contribution is -2.25. The van der Waals surface area contributed by atoms with Gasteiger partial charge >= 0.3 is 0 Å². The monoisotopic (exact) mass is 237 g/mol. The number of carbonyl (C=O) groups excluding carboxylic acids is 2. The van der Waals surface area contributed by atoms with Crippen molar-refractivity contribution in [3.05, 3.63) is 0 Å². The van der Waals surface area contributed by atoms with Gasteiger partial charge in [-0.2, -0.15) is 0 Å². The Morgan fingerprint density at radius 2 is 2.36 bits per heavy atom. The van der Waals surface area contributed by atoms with Crippen molar-refractivity contribution in [1.29, 1.82) is 0 Å². The fourth-order valence-corrected chi connectivity index (χ4v) is 2.62. The number of nitrogens with one attached hydrogen (secondary N) is 1. The highest BCUT2D eigenvalue weighted by molar-refractivity contribution is 8.76. The summed E-state index contributed by atoms with van der Waals surface area (Å²) in [7, 11) is 3.07. The number of rotatable bonds is 9. The first-order valence-corrected chi connectivity index (χ1v) is 7.16. The number of hydrogen-bond acceptors (Lipinski definition) is 4. The van der Waals surface area contributed by atoms with Crippen molar-refractivity contribution < 1.29 is 11.0 Å². The van der Waals surface area contributed by atoms with E-state index in [4.69, 9.17) is 1.37 Å². The molecular weight excluding hydrogens is 218 g/mol. The zero-order chi connectivity index (χ0) is 11.5. The fraction of sp³-hybridized carbons (Fsp3) is 0.778. The van der Waals surface area contributed by atoms with Gasteiger partial charge in [0.05, 0.1) is 5.75 Å². The summed E-state index contributed by atoms with van der Waals surface area (Å²) in [6.07, 6.45) is 1.47. The first kappa shape index (κ1) is 11.9. The minimum atomic E-state index is -0.513. The second kappa shape index (κ2) is 10.9. The Morgan fingerprint density at radius 1 is 1.57 bits per heavy atom. The van der Waals surface area contributed by atoms with Gasteiger partial charge in [0.1, 0.15) is 7.63 Å². The second-order valence-electron chi connectivity index (χ2n) is 2.68. The number of aldehydes is 1. The van der Waals surface area contributed by atoms with Crippen LogP contribution in [0.3, 0.4) is 0 Å². The maximum absolute atomic E-state index is 11.1. The van der Waals surface area contributed by atoms with Crippen LogP contribution in [0.1, 0.15) is 27.6 Å². The van der Waals surface area contributed by atoms with E-state index in [0.29, 0.717) is 12.2 Å². The van der Waals surface area contributed by atoms with Crippen LogP contribution in [0.25, 0.3) is 0 Å². The minimum absolute atomic E-state index is 0.0610. The molecule has 5 heteroatoms. The Bertz CT molecular complexity index is 203. The molecule has 0 atom stereocenters. The molecule has 0 aliphatic rings. The summed E-state index contributed by atoms with van der Waals surface area (Å²) in [5.41, 5.74) is 0. The Labute approximate surface area is 94.6 Å². The molecule has 0 saturated carbocycles. The van der Waals surface area contributed by atoms with Crippen molar-refractivity contribution in [1.82, 2.24) is 5.32 Å². The molecule has 0 bridgehead atoms. The van der Waals surface area contributed by atoms with E-state index in [0.717, 1.165) is 25.1 Å². The standard InChI is InChI=1S/C9H17NO2S2/c1-2-5-10-9(12)8-14-13-7-4-3-6-11/h6H,2-5,7-8H2,1H3,(H,10,12)/i6T. The van der Waals surface area contributed by atoms with Gasteiger partial charge in [-0.1, -0.05) is 28.5 Å². The van der Waals surface area contributed by atoms with Crippen molar-refractivity contribution in [2.75, 3.05) is 18.1 Å². The topological polar surface area (TPSA) is 46.2 Å². The quantitative estimate of drug-likeness (QED) is 0.378. The third-order valence-electron chi connectivity index (χ3n) is 1.35. The first-order valence-electron chi connectivity index (χ1n) is 5.17. The van der Waals surface area contributed by atoms with E-state index < -0.39 is 6.26 Å². The Morgan fingerprint density at radius 3 is 3.00 bits per heavy atom. The van der Waals surface area contributed by atoms with Gasteiger partial charge in [-0.25, -0.2) is 0 Å². The molecule has 0 aliphatic heterocycles. The highest BCUT2D eigenvalue weighted by atomic mass is 33.1. The summed E-state index contributed by atoms with van der Waals surface area (Å²) in [5.74, 6) is 1.33. The van der Waals surface area contributed by atoms with Crippen molar-refractivity contribution >= 4 is 33.8 Å². The Balaban J connectivity index is 3.16. The van der Waals surface area contributed by atoms with E-state index in [1.807, 2.05) is 6.92 Å². The van der Waals surface area contributed by atoms with Gasteiger partial charge in [0.2, 0.25) is 5.91 Å². The van der Waals surface area contributed by atoms with Gasteiger partial charge in [-0.15, -0.1) is 0 Å². The van der Waals surface area contributed by atoms with Crippen LogP contribution in [-0.4, -0.2) is 30.2 Å². The summed E-state index contributed by atoms with van der Waals surface area (Å²) in [5, 5.41) is 2.78. The predicted molar refractivity (Wildman–Crippen MR) is 63.5 cm³/mol. The molecule has 3 nitrogen and oxygen atoms in total.